The molecule has 0 aromatic rings. The van der Waals surface area contributed by atoms with Gasteiger partial charge in [-0.25, -0.2) is 0 Å². The molecule has 0 radical (unpaired) electrons. The number of rotatable bonds is 8. The monoisotopic (exact) mass is 308 g/mol. The highest BCUT2D eigenvalue weighted by Crippen LogP contribution is 2.30. The third kappa shape index (κ3) is 5.29. The van der Waals surface area contributed by atoms with Crippen molar-refractivity contribution in [3.8, 4) is 0 Å². The van der Waals surface area contributed by atoms with Crippen molar-refractivity contribution >= 4 is 11.8 Å². The Hall–Kier alpha value is -1.06. The molecule has 2 atom stereocenters. The third-order valence-electron chi connectivity index (χ3n) is 5.15. The van der Waals surface area contributed by atoms with Gasteiger partial charge in [-0.05, 0) is 37.5 Å². The van der Waals surface area contributed by atoms with E-state index in [4.69, 9.17) is 0 Å². The zero-order valence-corrected chi connectivity index (χ0v) is 14.3. The maximum Gasteiger partial charge on any atom is 0.222 e. The van der Waals surface area contributed by atoms with Gasteiger partial charge < -0.3 is 10.2 Å². The molecular weight excluding hydrogens is 276 g/mol. The first kappa shape index (κ1) is 17.3. The molecule has 0 aromatic carbocycles. The summed E-state index contributed by atoms with van der Waals surface area (Å²) in [5.41, 5.74) is 0. The highest BCUT2D eigenvalue weighted by atomic mass is 16.2. The highest BCUT2D eigenvalue weighted by Gasteiger charge is 2.32. The fourth-order valence-electron chi connectivity index (χ4n) is 3.48. The van der Waals surface area contributed by atoms with E-state index < -0.39 is 0 Å². The Bertz CT molecular complexity index is 379. The molecule has 126 valence electrons. The van der Waals surface area contributed by atoms with Gasteiger partial charge in [0.15, 0.2) is 0 Å². The zero-order valence-electron chi connectivity index (χ0n) is 14.3. The van der Waals surface area contributed by atoms with Crippen LogP contribution in [0.1, 0.15) is 71.6 Å². The average Bonchev–Trinajstić information content (AvgIpc) is 3.31. The SMILES string of the molecule is CCCCCC(=O)N1CCC(CC(=O)NC2CC2)C(CC)C1. The molecule has 2 fully saturated rings. The van der Waals surface area contributed by atoms with Gasteiger partial charge in [0.2, 0.25) is 11.8 Å². The van der Waals surface area contributed by atoms with Crippen LogP contribution in [-0.4, -0.2) is 35.8 Å². The number of likely N-dealkylation sites (tertiary alicyclic amines) is 1. The van der Waals surface area contributed by atoms with Crippen LogP contribution >= 0.6 is 0 Å². The molecule has 1 N–H and O–H groups in total. The molecule has 4 nitrogen and oxygen atoms in total. The van der Waals surface area contributed by atoms with Crippen LogP contribution in [0.5, 0.6) is 0 Å². The predicted molar refractivity (Wildman–Crippen MR) is 88.4 cm³/mol. The Labute approximate surface area is 135 Å². The van der Waals surface area contributed by atoms with Crippen molar-refractivity contribution in [2.75, 3.05) is 13.1 Å². The smallest absolute Gasteiger partial charge is 0.222 e. The van der Waals surface area contributed by atoms with E-state index in [9.17, 15) is 9.59 Å². The Kier molecular flexibility index (Phi) is 6.71. The number of nitrogens with one attached hydrogen (secondary N) is 1. The molecule has 0 bridgehead atoms. The van der Waals surface area contributed by atoms with Crippen LogP contribution < -0.4 is 5.32 Å². The average molecular weight is 308 g/mol. The lowest BCUT2D eigenvalue weighted by atomic mass is 9.81. The molecule has 0 aromatic heterocycles. The number of carbonyl (C=O) groups is 2. The third-order valence-corrected chi connectivity index (χ3v) is 5.15. The first-order valence-electron chi connectivity index (χ1n) is 9.21. The van der Waals surface area contributed by atoms with Gasteiger partial charge in [0, 0.05) is 32.0 Å². The van der Waals surface area contributed by atoms with Crippen LogP contribution in [0.25, 0.3) is 0 Å². The summed E-state index contributed by atoms with van der Waals surface area (Å²) in [4.78, 5) is 26.3. The molecule has 1 aliphatic carbocycles. The number of piperidine rings is 1. The van der Waals surface area contributed by atoms with E-state index in [1.54, 1.807) is 0 Å². The summed E-state index contributed by atoms with van der Waals surface area (Å²) in [6.07, 6.45) is 8.97. The van der Waals surface area contributed by atoms with Gasteiger partial charge >= 0.3 is 0 Å². The lowest BCUT2D eigenvalue weighted by Crippen LogP contribution is -2.44. The van der Waals surface area contributed by atoms with Gasteiger partial charge in [-0.2, -0.15) is 0 Å². The predicted octanol–water partition coefficient (Wildman–Crippen LogP) is 3.11. The standard InChI is InChI=1S/C18H32N2O2/c1-3-5-6-7-18(22)20-11-10-15(14(4-2)13-20)12-17(21)19-16-8-9-16/h14-16H,3-13H2,1-2H3,(H,19,21). The van der Waals surface area contributed by atoms with E-state index in [0.717, 1.165) is 58.0 Å². The van der Waals surface area contributed by atoms with E-state index in [-0.39, 0.29) is 5.91 Å². The molecular formula is C18H32N2O2. The van der Waals surface area contributed by atoms with Crippen molar-refractivity contribution in [3.05, 3.63) is 0 Å². The molecule has 1 aliphatic heterocycles. The molecule has 0 spiro atoms. The summed E-state index contributed by atoms with van der Waals surface area (Å²) in [5.74, 6) is 1.46. The minimum absolute atomic E-state index is 0.216. The number of nitrogens with zero attached hydrogens (tertiary/aromatic N) is 1. The number of carbonyl (C=O) groups excluding carboxylic acids is 2. The van der Waals surface area contributed by atoms with Gasteiger partial charge in [-0.3, -0.25) is 9.59 Å². The molecule has 1 saturated heterocycles. The molecule has 2 rings (SSSR count). The van der Waals surface area contributed by atoms with Crippen molar-refractivity contribution in [1.29, 1.82) is 0 Å². The van der Waals surface area contributed by atoms with E-state index in [0.29, 0.717) is 36.6 Å². The van der Waals surface area contributed by atoms with Crippen LogP contribution in [0.4, 0.5) is 0 Å². The molecule has 2 aliphatic rings. The minimum atomic E-state index is 0.216. The van der Waals surface area contributed by atoms with Gasteiger partial charge in [0.1, 0.15) is 0 Å². The van der Waals surface area contributed by atoms with Gasteiger partial charge in [-0.1, -0.05) is 33.1 Å². The van der Waals surface area contributed by atoms with Crippen LogP contribution in [0.2, 0.25) is 0 Å². The summed E-state index contributed by atoms with van der Waals surface area (Å²) in [6.45, 7) is 6.03. The molecule has 2 amide bonds. The first-order chi connectivity index (χ1) is 10.6. The van der Waals surface area contributed by atoms with E-state index in [1.807, 2.05) is 4.90 Å². The van der Waals surface area contributed by atoms with Gasteiger partial charge in [0.25, 0.3) is 0 Å². The van der Waals surface area contributed by atoms with E-state index in [1.165, 1.54) is 0 Å². The number of hydrogen-bond donors (Lipinski definition) is 1. The maximum absolute atomic E-state index is 12.3. The van der Waals surface area contributed by atoms with Crippen LogP contribution in [-0.2, 0) is 9.59 Å². The van der Waals surface area contributed by atoms with Crippen molar-refractivity contribution in [1.82, 2.24) is 10.2 Å². The second-order valence-electron chi connectivity index (χ2n) is 7.06. The highest BCUT2D eigenvalue weighted by molar-refractivity contribution is 5.77. The van der Waals surface area contributed by atoms with Crippen LogP contribution in [0.3, 0.4) is 0 Å². The summed E-state index contributed by atoms with van der Waals surface area (Å²) >= 11 is 0. The minimum Gasteiger partial charge on any atom is -0.353 e. The Morgan fingerprint density at radius 3 is 2.50 bits per heavy atom. The second kappa shape index (κ2) is 8.54. The Morgan fingerprint density at radius 2 is 1.86 bits per heavy atom. The maximum atomic E-state index is 12.3. The van der Waals surface area contributed by atoms with Gasteiger partial charge in [-0.15, -0.1) is 0 Å². The number of amides is 2. The lowest BCUT2D eigenvalue weighted by molar-refractivity contribution is -0.134. The van der Waals surface area contributed by atoms with Crippen molar-refractivity contribution < 1.29 is 9.59 Å². The fraction of sp³-hybridized carbons (Fsp3) is 0.889. The molecule has 4 heteroatoms. The van der Waals surface area contributed by atoms with Crippen LogP contribution in [0, 0.1) is 11.8 Å². The van der Waals surface area contributed by atoms with E-state index in [2.05, 4.69) is 19.2 Å². The second-order valence-corrected chi connectivity index (χ2v) is 7.06. The largest absolute Gasteiger partial charge is 0.353 e. The lowest BCUT2D eigenvalue weighted by Gasteiger charge is -2.38. The summed E-state index contributed by atoms with van der Waals surface area (Å²) in [5, 5.41) is 3.09. The summed E-state index contributed by atoms with van der Waals surface area (Å²) in [7, 11) is 0. The fourth-order valence-corrected chi connectivity index (χ4v) is 3.48. The number of unbranched alkanes of at least 4 members (excludes halogenated alkanes) is 2. The van der Waals surface area contributed by atoms with Crippen LogP contribution in [0.15, 0.2) is 0 Å². The summed E-state index contributed by atoms with van der Waals surface area (Å²) < 4.78 is 0. The Balaban J connectivity index is 1.76. The molecule has 1 heterocycles. The first-order valence-corrected chi connectivity index (χ1v) is 9.21. The quantitative estimate of drug-likeness (QED) is 0.700. The Morgan fingerprint density at radius 1 is 1.09 bits per heavy atom. The van der Waals surface area contributed by atoms with Crippen molar-refractivity contribution in [3.63, 3.8) is 0 Å². The zero-order chi connectivity index (χ0) is 15.9. The normalized spacial score (nSPS) is 25.1. The molecule has 22 heavy (non-hydrogen) atoms. The van der Waals surface area contributed by atoms with Gasteiger partial charge in [0.05, 0.1) is 0 Å². The topological polar surface area (TPSA) is 49.4 Å². The van der Waals surface area contributed by atoms with Crippen molar-refractivity contribution in [2.45, 2.75) is 77.7 Å². The number of hydrogen-bond acceptors (Lipinski definition) is 2. The van der Waals surface area contributed by atoms with Crippen molar-refractivity contribution in [2.24, 2.45) is 11.8 Å². The molecule has 1 saturated carbocycles. The molecule has 2 unspecified atom stereocenters. The van der Waals surface area contributed by atoms with E-state index >= 15 is 0 Å². The summed E-state index contributed by atoms with van der Waals surface area (Å²) in [6, 6.07) is 0.452.